The van der Waals surface area contributed by atoms with Crippen LogP contribution in [0.25, 0.3) is 0 Å². The van der Waals surface area contributed by atoms with Gasteiger partial charge in [0.15, 0.2) is 0 Å². The number of hydrogen-bond acceptors (Lipinski definition) is 4. The predicted octanol–water partition coefficient (Wildman–Crippen LogP) is 1.56. The fourth-order valence-electron chi connectivity index (χ4n) is 4.48. The summed E-state index contributed by atoms with van der Waals surface area (Å²) in [6.07, 6.45) is 3.24. The van der Waals surface area contributed by atoms with E-state index >= 15 is 0 Å². The summed E-state index contributed by atoms with van der Waals surface area (Å²) in [5, 5.41) is 10.9. The number of likely N-dealkylation sites (tertiary alicyclic amines) is 3. The molecule has 3 fully saturated rings. The van der Waals surface area contributed by atoms with Crippen molar-refractivity contribution in [2.75, 3.05) is 46.3 Å². The lowest BCUT2D eigenvalue weighted by atomic mass is 9.87. The summed E-state index contributed by atoms with van der Waals surface area (Å²) in [6.45, 7) is 4.76. The molecule has 5 nitrogen and oxygen atoms in total. The molecule has 2 atom stereocenters. The number of amides is 1. The van der Waals surface area contributed by atoms with Crippen molar-refractivity contribution in [3.63, 3.8) is 0 Å². The Labute approximate surface area is 148 Å². The number of carbonyl (C=O) groups is 1. The van der Waals surface area contributed by atoms with Crippen LogP contribution in [-0.2, 0) is 4.79 Å². The highest BCUT2D eigenvalue weighted by Gasteiger charge is 2.47. The van der Waals surface area contributed by atoms with E-state index in [9.17, 15) is 18.7 Å². The number of β-amino-alcohol motifs (C(OH)–C–C–N with tert-alkyl or cyclic N) is 1. The monoisotopic (exact) mass is 359 g/mol. The molecule has 0 aromatic heterocycles. The first-order valence-corrected chi connectivity index (χ1v) is 9.47. The zero-order chi connectivity index (χ0) is 18.3. The summed E-state index contributed by atoms with van der Waals surface area (Å²) in [7, 11) is 1.99. The number of alkyl halides is 2. The predicted molar refractivity (Wildman–Crippen MR) is 91.7 cm³/mol. The van der Waals surface area contributed by atoms with Gasteiger partial charge in [-0.2, -0.15) is 0 Å². The van der Waals surface area contributed by atoms with Crippen LogP contribution in [0.3, 0.4) is 0 Å². The first-order valence-electron chi connectivity index (χ1n) is 9.47. The third-order valence-corrected chi connectivity index (χ3v) is 6.44. The van der Waals surface area contributed by atoms with Crippen molar-refractivity contribution in [3.05, 3.63) is 0 Å². The van der Waals surface area contributed by atoms with Gasteiger partial charge in [-0.15, -0.1) is 0 Å². The number of carbonyl (C=O) groups excluding carboxylic acids is 1. The maximum Gasteiger partial charge on any atom is 0.250 e. The van der Waals surface area contributed by atoms with Gasteiger partial charge in [-0.05, 0) is 46.2 Å². The summed E-state index contributed by atoms with van der Waals surface area (Å²) in [6, 6.07) is 0. The normalized spacial score (nSPS) is 37.4. The van der Waals surface area contributed by atoms with Crippen LogP contribution < -0.4 is 0 Å². The Morgan fingerprint density at radius 1 is 1.04 bits per heavy atom. The zero-order valence-corrected chi connectivity index (χ0v) is 15.4. The highest BCUT2D eigenvalue weighted by atomic mass is 19.3. The highest BCUT2D eigenvalue weighted by molar-refractivity contribution is 5.86. The lowest BCUT2D eigenvalue weighted by Gasteiger charge is -2.43. The second-order valence-electron chi connectivity index (χ2n) is 8.49. The van der Waals surface area contributed by atoms with Crippen LogP contribution in [0.4, 0.5) is 8.78 Å². The average molecular weight is 359 g/mol. The van der Waals surface area contributed by atoms with E-state index in [2.05, 4.69) is 4.90 Å². The van der Waals surface area contributed by atoms with E-state index < -0.39 is 17.1 Å². The summed E-state index contributed by atoms with van der Waals surface area (Å²) < 4.78 is 26.6. The van der Waals surface area contributed by atoms with E-state index in [4.69, 9.17) is 0 Å². The van der Waals surface area contributed by atoms with Crippen molar-refractivity contribution in [3.8, 4) is 0 Å². The Kier molecular flexibility index (Phi) is 5.12. The lowest BCUT2D eigenvalue weighted by Crippen LogP contribution is -2.59. The van der Waals surface area contributed by atoms with Gasteiger partial charge in [-0.1, -0.05) is 0 Å². The molecule has 0 saturated carbocycles. The van der Waals surface area contributed by atoms with Crippen LogP contribution in [0, 0.1) is 0 Å². The molecule has 0 unspecified atom stereocenters. The molecule has 3 heterocycles. The topological polar surface area (TPSA) is 47.0 Å². The molecule has 3 rings (SSSR count). The number of rotatable bonds is 3. The van der Waals surface area contributed by atoms with Gasteiger partial charge in [-0.3, -0.25) is 14.6 Å². The Hall–Kier alpha value is -0.790. The van der Waals surface area contributed by atoms with Gasteiger partial charge >= 0.3 is 0 Å². The van der Waals surface area contributed by atoms with Gasteiger partial charge in [0.25, 0.3) is 5.92 Å². The number of piperidine rings is 2. The molecule has 25 heavy (non-hydrogen) atoms. The summed E-state index contributed by atoms with van der Waals surface area (Å²) in [5.41, 5.74) is -1.47. The molecule has 0 bridgehead atoms. The number of likely N-dealkylation sites (N-methyl/N-ethyl adjacent to an activating group) is 1. The molecule has 3 aliphatic rings. The van der Waals surface area contributed by atoms with Crippen molar-refractivity contribution in [1.29, 1.82) is 0 Å². The molecular formula is C18H31F2N3O2. The van der Waals surface area contributed by atoms with E-state index in [-0.39, 0.29) is 18.7 Å². The van der Waals surface area contributed by atoms with Crippen LogP contribution >= 0.6 is 0 Å². The molecule has 0 aromatic rings. The number of aliphatic hydroxyl groups is 1. The van der Waals surface area contributed by atoms with Gasteiger partial charge in [0.1, 0.15) is 0 Å². The maximum atomic E-state index is 13.3. The van der Waals surface area contributed by atoms with E-state index in [1.807, 2.05) is 18.9 Å². The molecule has 0 aromatic carbocycles. The van der Waals surface area contributed by atoms with Gasteiger partial charge < -0.3 is 10.0 Å². The van der Waals surface area contributed by atoms with Crippen LogP contribution in [0.1, 0.15) is 45.4 Å². The first-order chi connectivity index (χ1) is 11.6. The summed E-state index contributed by atoms with van der Waals surface area (Å²) >= 11 is 0. The minimum absolute atomic E-state index is 0.0933. The van der Waals surface area contributed by atoms with Gasteiger partial charge in [-0.25, -0.2) is 8.78 Å². The average Bonchev–Trinajstić information content (AvgIpc) is 2.94. The molecule has 7 heteroatoms. The van der Waals surface area contributed by atoms with Crippen molar-refractivity contribution in [2.45, 2.75) is 62.5 Å². The van der Waals surface area contributed by atoms with Crippen LogP contribution in [0.15, 0.2) is 0 Å². The van der Waals surface area contributed by atoms with Crippen molar-refractivity contribution in [2.24, 2.45) is 0 Å². The van der Waals surface area contributed by atoms with E-state index in [0.717, 1.165) is 25.8 Å². The first kappa shape index (κ1) is 19.0. The van der Waals surface area contributed by atoms with Gasteiger partial charge in [0.05, 0.1) is 17.7 Å². The second-order valence-corrected chi connectivity index (χ2v) is 8.49. The lowest BCUT2D eigenvalue weighted by molar-refractivity contribution is -0.145. The summed E-state index contributed by atoms with van der Waals surface area (Å²) in [4.78, 5) is 18.9. The minimum Gasteiger partial charge on any atom is -0.387 e. The molecule has 3 aliphatic heterocycles. The molecule has 0 spiro atoms. The molecule has 3 saturated heterocycles. The Bertz CT molecular complexity index is 509. The van der Waals surface area contributed by atoms with Crippen LogP contribution in [0.5, 0.6) is 0 Å². The van der Waals surface area contributed by atoms with E-state index in [0.29, 0.717) is 39.1 Å². The molecule has 1 amide bonds. The molecule has 1 N–H and O–H groups in total. The van der Waals surface area contributed by atoms with E-state index in [1.54, 1.807) is 4.90 Å². The quantitative estimate of drug-likeness (QED) is 0.831. The standard InChI is InChI=1S/C18H31F2N3O2/c1-16(5-3-4-9-21(16)2)15(24)23-12-6-17(25,14-23)13-22-10-7-18(19,20)8-11-22/h25H,3-14H2,1-2H3/t16-,17+/m1/s1. The molecular weight excluding hydrogens is 328 g/mol. The molecule has 144 valence electrons. The smallest absolute Gasteiger partial charge is 0.250 e. The Morgan fingerprint density at radius 3 is 2.36 bits per heavy atom. The molecule has 0 radical (unpaired) electrons. The van der Waals surface area contributed by atoms with Crippen LogP contribution in [0.2, 0.25) is 0 Å². The Morgan fingerprint density at radius 2 is 1.72 bits per heavy atom. The van der Waals surface area contributed by atoms with Crippen molar-refractivity contribution < 1.29 is 18.7 Å². The maximum absolute atomic E-state index is 13.3. The zero-order valence-electron chi connectivity index (χ0n) is 15.4. The molecule has 0 aliphatic carbocycles. The van der Waals surface area contributed by atoms with Crippen LogP contribution in [-0.4, -0.2) is 89.1 Å². The summed E-state index contributed by atoms with van der Waals surface area (Å²) in [5.74, 6) is -2.48. The Balaban J connectivity index is 1.58. The number of halogens is 2. The van der Waals surface area contributed by atoms with E-state index in [1.165, 1.54) is 0 Å². The second kappa shape index (κ2) is 6.74. The van der Waals surface area contributed by atoms with Gasteiger partial charge in [0.2, 0.25) is 5.91 Å². The fraction of sp³-hybridized carbons (Fsp3) is 0.944. The van der Waals surface area contributed by atoms with Crippen molar-refractivity contribution >= 4 is 5.91 Å². The van der Waals surface area contributed by atoms with Crippen molar-refractivity contribution in [1.82, 2.24) is 14.7 Å². The van der Waals surface area contributed by atoms with Gasteiger partial charge in [0, 0.05) is 39.0 Å². The third kappa shape index (κ3) is 3.98. The number of hydrogen-bond donors (Lipinski definition) is 1. The minimum atomic E-state index is -2.57. The highest BCUT2D eigenvalue weighted by Crippen LogP contribution is 2.33. The third-order valence-electron chi connectivity index (χ3n) is 6.44. The number of nitrogens with zero attached hydrogens (tertiary/aromatic N) is 3. The fourth-order valence-corrected chi connectivity index (χ4v) is 4.48. The largest absolute Gasteiger partial charge is 0.387 e. The SMILES string of the molecule is CN1CCCC[C@]1(C)C(=O)N1CC[C@](O)(CN2CCC(F)(F)CC2)C1.